The number of aryl methyl sites for hydroxylation is 1. The van der Waals surface area contributed by atoms with Crippen molar-refractivity contribution in [2.45, 2.75) is 51.0 Å². The monoisotopic (exact) mass is 282 g/mol. The summed E-state index contributed by atoms with van der Waals surface area (Å²) in [6.07, 6.45) is 8.80. The summed E-state index contributed by atoms with van der Waals surface area (Å²) in [7, 11) is 0. The fourth-order valence-electron chi connectivity index (χ4n) is 3.54. The Morgan fingerprint density at radius 1 is 1.24 bits per heavy atom. The molecule has 0 N–H and O–H groups in total. The zero-order valence-electron chi connectivity index (χ0n) is 12.6. The highest BCUT2D eigenvalue weighted by atomic mass is 16.1. The van der Waals surface area contributed by atoms with Gasteiger partial charge >= 0.3 is 0 Å². The van der Waals surface area contributed by atoms with Gasteiger partial charge in [0.25, 0.3) is 0 Å². The maximum Gasteiger partial charge on any atom is 0.208 e. The number of carbonyl (C=O) groups excluding carboxylic acids is 1. The molecule has 1 aliphatic rings. The summed E-state index contributed by atoms with van der Waals surface area (Å²) in [5, 5.41) is 0. The second-order valence-electron chi connectivity index (χ2n) is 5.93. The van der Waals surface area contributed by atoms with Crippen LogP contribution in [-0.4, -0.2) is 15.3 Å². The molecule has 1 aromatic carbocycles. The minimum Gasteiger partial charge on any atom is -0.329 e. The lowest BCUT2D eigenvalue weighted by atomic mass is 9.75. The first-order valence-corrected chi connectivity index (χ1v) is 7.89. The van der Waals surface area contributed by atoms with Gasteiger partial charge in [-0.1, -0.05) is 50.1 Å². The quantitative estimate of drug-likeness (QED) is 0.777. The predicted octanol–water partition coefficient (Wildman–Crippen LogP) is 3.99. The molecule has 0 bridgehead atoms. The third-order valence-corrected chi connectivity index (χ3v) is 4.60. The smallest absolute Gasteiger partial charge is 0.208 e. The van der Waals surface area contributed by atoms with E-state index in [9.17, 15) is 4.79 Å². The Labute approximate surface area is 126 Å². The van der Waals surface area contributed by atoms with Crippen molar-refractivity contribution < 1.29 is 4.79 Å². The normalized spacial score (nSPS) is 17.0. The third kappa shape index (κ3) is 2.41. The van der Waals surface area contributed by atoms with Crippen molar-refractivity contribution in [3.05, 3.63) is 54.1 Å². The molecule has 3 rings (SSSR count). The van der Waals surface area contributed by atoms with Crippen molar-refractivity contribution in [3.63, 3.8) is 0 Å². The molecule has 0 saturated heterocycles. The molecule has 3 nitrogen and oxygen atoms in total. The van der Waals surface area contributed by atoms with Crippen LogP contribution in [0.3, 0.4) is 0 Å². The van der Waals surface area contributed by atoms with E-state index in [-0.39, 0.29) is 11.2 Å². The van der Waals surface area contributed by atoms with Gasteiger partial charge in [0.2, 0.25) is 5.78 Å². The van der Waals surface area contributed by atoms with Crippen LogP contribution >= 0.6 is 0 Å². The number of hydrogen-bond acceptors (Lipinski definition) is 2. The van der Waals surface area contributed by atoms with Crippen LogP contribution < -0.4 is 0 Å². The number of benzene rings is 1. The Kier molecular flexibility index (Phi) is 3.91. The van der Waals surface area contributed by atoms with E-state index >= 15 is 0 Å². The average molecular weight is 282 g/mol. The number of Topliss-reactive ketones (excluding diaryl/α,β-unsaturated/α-hetero) is 1. The van der Waals surface area contributed by atoms with E-state index in [0.29, 0.717) is 5.82 Å². The number of aromatic nitrogens is 2. The van der Waals surface area contributed by atoms with E-state index in [0.717, 1.165) is 44.2 Å². The zero-order chi connectivity index (χ0) is 14.7. The van der Waals surface area contributed by atoms with E-state index in [4.69, 9.17) is 0 Å². The molecule has 1 aliphatic carbocycles. The standard InChI is InChI=1S/C18H22N2O/c1-2-13-20-14-12-19-17(20)16(21)18(10-6-7-11-18)15-8-4-3-5-9-15/h3-5,8-9,12,14H,2,6-7,10-11,13H2,1H3. The van der Waals surface area contributed by atoms with E-state index < -0.39 is 0 Å². The van der Waals surface area contributed by atoms with Crippen molar-refractivity contribution in [1.82, 2.24) is 9.55 Å². The van der Waals surface area contributed by atoms with Gasteiger partial charge in [-0.25, -0.2) is 4.98 Å². The van der Waals surface area contributed by atoms with Crippen LogP contribution in [0.25, 0.3) is 0 Å². The van der Waals surface area contributed by atoms with Gasteiger partial charge in [0.05, 0.1) is 5.41 Å². The van der Waals surface area contributed by atoms with Crippen molar-refractivity contribution in [1.29, 1.82) is 0 Å². The minimum atomic E-state index is -0.363. The van der Waals surface area contributed by atoms with Gasteiger partial charge in [-0.05, 0) is 24.8 Å². The van der Waals surface area contributed by atoms with Crippen molar-refractivity contribution in [2.75, 3.05) is 0 Å². The van der Waals surface area contributed by atoms with Crippen LogP contribution in [0, 0.1) is 0 Å². The zero-order valence-corrected chi connectivity index (χ0v) is 12.6. The maximum atomic E-state index is 13.2. The van der Waals surface area contributed by atoms with Gasteiger partial charge in [-0.15, -0.1) is 0 Å². The van der Waals surface area contributed by atoms with Crippen LogP contribution in [0.4, 0.5) is 0 Å². The Morgan fingerprint density at radius 3 is 2.62 bits per heavy atom. The van der Waals surface area contributed by atoms with Gasteiger partial charge in [0.15, 0.2) is 5.82 Å². The molecule has 1 aromatic heterocycles. The number of hydrogen-bond donors (Lipinski definition) is 0. The average Bonchev–Trinajstić information content (AvgIpc) is 3.18. The Hall–Kier alpha value is -1.90. The van der Waals surface area contributed by atoms with Crippen LogP contribution in [0.2, 0.25) is 0 Å². The van der Waals surface area contributed by atoms with Gasteiger partial charge < -0.3 is 4.57 Å². The highest BCUT2D eigenvalue weighted by molar-refractivity contribution is 6.01. The summed E-state index contributed by atoms with van der Waals surface area (Å²) in [5.41, 5.74) is 0.788. The van der Waals surface area contributed by atoms with E-state index in [2.05, 4.69) is 24.0 Å². The van der Waals surface area contributed by atoms with Gasteiger partial charge in [0.1, 0.15) is 0 Å². The first-order valence-electron chi connectivity index (χ1n) is 7.89. The molecule has 0 unspecified atom stereocenters. The molecule has 2 aromatic rings. The van der Waals surface area contributed by atoms with Crippen LogP contribution in [0.15, 0.2) is 42.7 Å². The molecule has 0 aliphatic heterocycles. The van der Waals surface area contributed by atoms with Gasteiger partial charge in [-0.2, -0.15) is 0 Å². The third-order valence-electron chi connectivity index (χ3n) is 4.60. The first-order chi connectivity index (χ1) is 10.3. The molecule has 1 saturated carbocycles. The maximum absolute atomic E-state index is 13.2. The van der Waals surface area contributed by atoms with Crippen molar-refractivity contribution >= 4 is 5.78 Å². The second kappa shape index (κ2) is 5.84. The lowest BCUT2D eigenvalue weighted by Gasteiger charge is -2.28. The van der Waals surface area contributed by atoms with Crippen molar-refractivity contribution in [2.24, 2.45) is 0 Å². The largest absolute Gasteiger partial charge is 0.329 e. The van der Waals surface area contributed by atoms with Gasteiger partial charge in [-0.3, -0.25) is 4.79 Å². The number of ketones is 1. The Bertz CT molecular complexity index is 609. The fraction of sp³-hybridized carbons (Fsp3) is 0.444. The summed E-state index contributed by atoms with van der Waals surface area (Å²) < 4.78 is 2.01. The highest BCUT2D eigenvalue weighted by Gasteiger charge is 2.44. The van der Waals surface area contributed by atoms with E-state index in [1.165, 1.54) is 0 Å². The van der Waals surface area contributed by atoms with Crippen LogP contribution in [0.1, 0.15) is 55.2 Å². The molecule has 1 heterocycles. The fourth-order valence-corrected chi connectivity index (χ4v) is 3.54. The number of rotatable bonds is 5. The van der Waals surface area contributed by atoms with Crippen LogP contribution in [0.5, 0.6) is 0 Å². The molecule has 0 radical (unpaired) electrons. The number of imidazole rings is 1. The second-order valence-corrected chi connectivity index (χ2v) is 5.93. The minimum absolute atomic E-state index is 0.199. The Morgan fingerprint density at radius 2 is 1.95 bits per heavy atom. The first kappa shape index (κ1) is 14.1. The molecular weight excluding hydrogens is 260 g/mol. The predicted molar refractivity (Wildman–Crippen MR) is 83.4 cm³/mol. The highest BCUT2D eigenvalue weighted by Crippen LogP contribution is 2.43. The molecule has 110 valence electrons. The summed E-state index contributed by atoms with van der Waals surface area (Å²) in [5.74, 6) is 0.826. The van der Waals surface area contributed by atoms with Gasteiger partial charge in [0, 0.05) is 18.9 Å². The number of carbonyl (C=O) groups is 1. The lowest BCUT2D eigenvalue weighted by Crippen LogP contribution is -2.35. The number of nitrogens with zero attached hydrogens (tertiary/aromatic N) is 2. The molecule has 1 fully saturated rings. The molecule has 0 amide bonds. The van der Waals surface area contributed by atoms with Crippen LogP contribution in [-0.2, 0) is 12.0 Å². The summed E-state index contributed by atoms with van der Waals surface area (Å²) in [6.45, 7) is 2.97. The molecule has 0 spiro atoms. The summed E-state index contributed by atoms with van der Waals surface area (Å²) >= 11 is 0. The summed E-state index contributed by atoms with van der Waals surface area (Å²) in [4.78, 5) is 17.6. The Balaban J connectivity index is 2.02. The lowest BCUT2D eigenvalue weighted by molar-refractivity contribution is 0.0870. The van der Waals surface area contributed by atoms with Crippen molar-refractivity contribution in [3.8, 4) is 0 Å². The molecule has 21 heavy (non-hydrogen) atoms. The van der Waals surface area contributed by atoms with E-state index in [1.54, 1.807) is 6.20 Å². The molecule has 3 heteroatoms. The van der Waals surface area contributed by atoms with E-state index in [1.807, 2.05) is 29.0 Å². The molecular formula is C18H22N2O. The molecule has 0 atom stereocenters. The SMILES string of the molecule is CCCn1ccnc1C(=O)C1(c2ccccc2)CCCC1. The topological polar surface area (TPSA) is 34.9 Å². The summed E-state index contributed by atoms with van der Waals surface area (Å²) in [6, 6.07) is 10.3.